The van der Waals surface area contributed by atoms with Crippen LogP contribution in [0.5, 0.6) is 0 Å². The van der Waals surface area contributed by atoms with Crippen molar-refractivity contribution in [1.29, 1.82) is 0 Å². The van der Waals surface area contributed by atoms with Crippen molar-refractivity contribution in [2.24, 2.45) is 34.0 Å². The number of allylic oxidation sites excluding steroid dienone is 2. The van der Waals surface area contributed by atoms with Crippen LogP contribution in [0.1, 0.15) is 47.0 Å². The lowest BCUT2D eigenvalue weighted by Gasteiger charge is -2.69. The molecule has 4 fully saturated rings. The first kappa shape index (κ1) is 8.84. The van der Waals surface area contributed by atoms with Gasteiger partial charge in [-0.25, -0.2) is 0 Å². The minimum atomic E-state index is 0.607. The lowest BCUT2D eigenvalue weighted by Crippen LogP contribution is -2.64. The highest BCUT2D eigenvalue weighted by Gasteiger charge is 2.80. The van der Waals surface area contributed by atoms with Crippen molar-refractivity contribution in [2.45, 2.75) is 47.0 Å². The molecule has 0 aromatic carbocycles. The fourth-order valence-electron chi connectivity index (χ4n) is 6.17. The molecule has 5 unspecified atom stereocenters. The Labute approximate surface area is 93.1 Å². The molecule has 15 heavy (non-hydrogen) atoms. The molecular weight excluding hydrogens is 180 g/mol. The molecule has 0 aromatic heterocycles. The molecular formula is C15H22. The van der Waals surface area contributed by atoms with E-state index in [1.54, 1.807) is 5.57 Å². The summed E-state index contributed by atoms with van der Waals surface area (Å²) in [6.45, 7) is 10.1. The van der Waals surface area contributed by atoms with E-state index in [4.69, 9.17) is 0 Å². The zero-order valence-corrected chi connectivity index (χ0v) is 10.4. The number of rotatable bonds is 0. The van der Waals surface area contributed by atoms with Crippen molar-refractivity contribution in [3.05, 3.63) is 11.6 Å². The van der Waals surface area contributed by atoms with E-state index in [9.17, 15) is 0 Å². The largest absolute Gasteiger partial charge is 0.0847 e. The van der Waals surface area contributed by atoms with Crippen molar-refractivity contribution in [1.82, 2.24) is 0 Å². The van der Waals surface area contributed by atoms with Crippen LogP contribution in [0.2, 0.25) is 0 Å². The fraction of sp³-hybridized carbons (Fsp3) is 0.867. The highest BCUT2D eigenvalue weighted by atomic mass is 14.8. The van der Waals surface area contributed by atoms with Crippen LogP contribution in [-0.2, 0) is 0 Å². The molecule has 0 saturated heterocycles. The fourth-order valence-corrected chi connectivity index (χ4v) is 6.17. The van der Waals surface area contributed by atoms with E-state index in [-0.39, 0.29) is 0 Å². The van der Waals surface area contributed by atoms with E-state index in [0.29, 0.717) is 10.8 Å². The van der Waals surface area contributed by atoms with Gasteiger partial charge in [0.05, 0.1) is 0 Å². The van der Waals surface area contributed by atoms with Gasteiger partial charge in [-0.3, -0.25) is 0 Å². The molecule has 4 saturated carbocycles. The van der Waals surface area contributed by atoms with Crippen molar-refractivity contribution < 1.29 is 0 Å². The predicted molar refractivity (Wildman–Crippen MR) is 62.4 cm³/mol. The Kier molecular flexibility index (Phi) is 1.15. The summed E-state index contributed by atoms with van der Waals surface area (Å²) in [4.78, 5) is 0. The second-order valence-corrected chi connectivity index (χ2v) is 7.50. The summed E-state index contributed by atoms with van der Waals surface area (Å²) in [6, 6.07) is 0. The van der Waals surface area contributed by atoms with E-state index in [1.807, 2.05) is 0 Å². The second-order valence-electron chi connectivity index (χ2n) is 7.50. The second kappa shape index (κ2) is 1.96. The summed E-state index contributed by atoms with van der Waals surface area (Å²) >= 11 is 0. The van der Waals surface area contributed by atoms with Gasteiger partial charge in [0.25, 0.3) is 0 Å². The van der Waals surface area contributed by atoms with Gasteiger partial charge in [0.15, 0.2) is 0 Å². The average Bonchev–Trinajstić information content (AvgIpc) is 2.71. The Morgan fingerprint density at radius 3 is 2.53 bits per heavy atom. The van der Waals surface area contributed by atoms with Gasteiger partial charge in [0, 0.05) is 5.41 Å². The van der Waals surface area contributed by atoms with E-state index in [2.05, 4.69) is 33.8 Å². The normalized spacial score (nSPS) is 62.7. The molecule has 5 rings (SSSR count). The summed E-state index contributed by atoms with van der Waals surface area (Å²) in [5, 5.41) is 0. The van der Waals surface area contributed by atoms with Crippen LogP contribution in [0.4, 0.5) is 0 Å². The third-order valence-electron chi connectivity index (χ3n) is 7.21. The van der Waals surface area contributed by atoms with E-state index >= 15 is 0 Å². The first-order valence-electron chi connectivity index (χ1n) is 6.62. The van der Waals surface area contributed by atoms with Crippen molar-refractivity contribution in [2.75, 3.05) is 0 Å². The first-order chi connectivity index (χ1) is 6.94. The quantitative estimate of drug-likeness (QED) is 0.520. The molecule has 0 heteroatoms. The molecule has 5 aliphatic rings. The zero-order chi connectivity index (χ0) is 10.6. The van der Waals surface area contributed by atoms with E-state index in [1.165, 1.54) is 19.3 Å². The van der Waals surface area contributed by atoms with E-state index in [0.717, 1.165) is 23.2 Å². The molecule has 0 N–H and O–H groups in total. The van der Waals surface area contributed by atoms with Crippen molar-refractivity contribution in [3.63, 3.8) is 0 Å². The SMILES string of the molecule is CC1=CCC2C3(C)CC3C3CC12C3(C)C. The van der Waals surface area contributed by atoms with Gasteiger partial charge in [0.1, 0.15) is 0 Å². The van der Waals surface area contributed by atoms with Crippen LogP contribution in [-0.4, -0.2) is 0 Å². The standard InChI is InChI=1S/C15H22/c1-9-5-6-12-14(4)7-11(14)10-8-15(9,12)13(10,2)3/h5,10-12H,6-8H2,1-4H3. The van der Waals surface area contributed by atoms with Gasteiger partial charge in [-0.1, -0.05) is 32.4 Å². The minimum absolute atomic E-state index is 0.607. The van der Waals surface area contributed by atoms with Crippen LogP contribution >= 0.6 is 0 Å². The van der Waals surface area contributed by atoms with Gasteiger partial charge in [-0.15, -0.1) is 0 Å². The van der Waals surface area contributed by atoms with Crippen LogP contribution in [0.25, 0.3) is 0 Å². The van der Waals surface area contributed by atoms with Crippen LogP contribution in [0.15, 0.2) is 11.6 Å². The number of hydrogen-bond acceptors (Lipinski definition) is 0. The lowest BCUT2D eigenvalue weighted by molar-refractivity contribution is -0.190. The summed E-state index contributed by atoms with van der Waals surface area (Å²) < 4.78 is 0. The van der Waals surface area contributed by atoms with Gasteiger partial charge in [-0.05, 0) is 54.8 Å². The Morgan fingerprint density at radius 1 is 1.13 bits per heavy atom. The third kappa shape index (κ3) is 0.610. The molecule has 0 nitrogen and oxygen atoms in total. The third-order valence-corrected chi connectivity index (χ3v) is 7.21. The molecule has 0 heterocycles. The molecule has 0 aromatic rings. The number of hydrogen-bond donors (Lipinski definition) is 0. The topological polar surface area (TPSA) is 0 Å². The Morgan fingerprint density at radius 2 is 1.87 bits per heavy atom. The summed E-state index contributed by atoms with van der Waals surface area (Å²) in [5.41, 5.74) is 3.71. The highest BCUT2D eigenvalue weighted by Crippen LogP contribution is 2.87. The van der Waals surface area contributed by atoms with Crippen LogP contribution in [0.3, 0.4) is 0 Å². The minimum Gasteiger partial charge on any atom is -0.0847 e. The monoisotopic (exact) mass is 202 g/mol. The van der Waals surface area contributed by atoms with Crippen molar-refractivity contribution in [3.8, 4) is 0 Å². The molecule has 0 radical (unpaired) electrons. The maximum atomic E-state index is 2.57. The molecule has 0 aliphatic heterocycles. The molecule has 82 valence electrons. The summed E-state index contributed by atoms with van der Waals surface area (Å²) in [6.07, 6.45) is 7.01. The smallest absolute Gasteiger partial charge is 0.000240 e. The molecule has 1 spiro atoms. The van der Waals surface area contributed by atoms with Gasteiger partial charge in [0.2, 0.25) is 0 Å². The highest BCUT2D eigenvalue weighted by molar-refractivity contribution is 5.39. The first-order valence-corrected chi connectivity index (χ1v) is 6.62. The van der Waals surface area contributed by atoms with E-state index < -0.39 is 0 Å². The van der Waals surface area contributed by atoms with Crippen LogP contribution < -0.4 is 0 Å². The molecule has 2 bridgehead atoms. The predicted octanol–water partition coefficient (Wildman–Crippen LogP) is 4.02. The van der Waals surface area contributed by atoms with Gasteiger partial charge >= 0.3 is 0 Å². The lowest BCUT2D eigenvalue weighted by atomic mass is 9.34. The summed E-state index contributed by atoms with van der Waals surface area (Å²) in [7, 11) is 0. The van der Waals surface area contributed by atoms with Gasteiger partial charge < -0.3 is 0 Å². The Hall–Kier alpha value is -0.260. The Bertz CT molecular complexity index is 389. The van der Waals surface area contributed by atoms with Crippen molar-refractivity contribution >= 4 is 0 Å². The van der Waals surface area contributed by atoms with Gasteiger partial charge in [-0.2, -0.15) is 0 Å². The molecule has 0 amide bonds. The van der Waals surface area contributed by atoms with Crippen LogP contribution in [0, 0.1) is 34.0 Å². The molecule has 5 atom stereocenters. The Balaban J connectivity index is 1.91. The summed E-state index contributed by atoms with van der Waals surface area (Å²) in [5.74, 6) is 3.12. The zero-order valence-electron chi connectivity index (χ0n) is 10.4. The average molecular weight is 202 g/mol. The maximum Gasteiger partial charge on any atom is 0.000240 e. The molecule has 5 aliphatic carbocycles. The maximum absolute atomic E-state index is 2.57.